The molecule has 2 heterocycles. The largest absolute Gasteiger partial charge is 0.472 e. The van der Waals surface area contributed by atoms with Crippen LogP contribution in [-0.2, 0) is 17.6 Å². The highest BCUT2D eigenvalue weighted by Crippen LogP contribution is 2.35. The topological polar surface area (TPSA) is 84.4 Å². The Morgan fingerprint density at radius 3 is 2.58 bits per heavy atom. The van der Waals surface area contributed by atoms with Crippen LogP contribution < -0.4 is 15.0 Å². The molecule has 1 aliphatic rings. The van der Waals surface area contributed by atoms with Gasteiger partial charge in [0.25, 0.3) is 0 Å². The fourth-order valence-electron chi connectivity index (χ4n) is 2.27. The Labute approximate surface area is 149 Å². The Bertz CT molecular complexity index is 858. The first kappa shape index (κ1) is 17.9. The quantitative estimate of drug-likeness (QED) is 0.817. The van der Waals surface area contributed by atoms with Crippen LogP contribution in [-0.4, -0.2) is 28.5 Å². The number of halogens is 4. The van der Waals surface area contributed by atoms with E-state index in [0.29, 0.717) is 0 Å². The van der Waals surface area contributed by atoms with Gasteiger partial charge in [-0.05, 0) is 12.1 Å². The summed E-state index contributed by atoms with van der Waals surface area (Å²) in [5.74, 6) is -0.433. The number of hydrogen-bond donors (Lipinski definition) is 1. The standard InChI is InChI=1S/C15H10ClF3N4O3/c16-10-3-1-2-9(15(17,18)19)8(10)7-26-13-5-20-11(4-21-13)23-6-12(24)22-14(23)25/h1-5H,6-7H2,(H,22,24,25). The zero-order chi connectivity index (χ0) is 18.9. The van der Waals surface area contributed by atoms with Crippen LogP contribution in [0.1, 0.15) is 11.1 Å². The summed E-state index contributed by atoms with van der Waals surface area (Å²) < 4.78 is 44.3. The number of rotatable bonds is 4. The molecule has 0 unspecified atom stereocenters. The summed E-state index contributed by atoms with van der Waals surface area (Å²) in [6.07, 6.45) is -2.27. The number of carbonyl (C=O) groups is 2. The Morgan fingerprint density at radius 1 is 1.23 bits per heavy atom. The van der Waals surface area contributed by atoms with Gasteiger partial charge < -0.3 is 4.74 Å². The minimum atomic E-state index is -4.57. The van der Waals surface area contributed by atoms with Crippen molar-refractivity contribution in [3.05, 3.63) is 46.7 Å². The first-order chi connectivity index (χ1) is 12.3. The molecule has 0 radical (unpaired) electrons. The molecule has 0 spiro atoms. The van der Waals surface area contributed by atoms with Crippen LogP contribution >= 0.6 is 11.6 Å². The molecule has 3 rings (SSSR count). The number of imide groups is 1. The maximum absolute atomic E-state index is 13.0. The molecule has 1 saturated heterocycles. The molecule has 1 aromatic carbocycles. The second kappa shape index (κ2) is 6.79. The lowest BCUT2D eigenvalue weighted by atomic mass is 10.1. The number of amides is 3. The number of urea groups is 1. The summed E-state index contributed by atoms with van der Waals surface area (Å²) in [7, 11) is 0. The molecule has 3 amide bonds. The molecule has 1 fully saturated rings. The smallest absolute Gasteiger partial charge is 0.416 e. The third-order valence-corrected chi connectivity index (χ3v) is 3.83. The fraction of sp³-hybridized carbons (Fsp3) is 0.200. The average molecular weight is 387 g/mol. The maximum Gasteiger partial charge on any atom is 0.416 e. The van der Waals surface area contributed by atoms with E-state index in [1.54, 1.807) is 0 Å². The summed E-state index contributed by atoms with van der Waals surface area (Å²) >= 11 is 5.84. The van der Waals surface area contributed by atoms with Gasteiger partial charge in [0.15, 0.2) is 5.82 Å². The third-order valence-electron chi connectivity index (χ3n) is 3.47. The first-order valence-corrected chi connectivity index (χ1v) is 7.54. The summed E-state index contributed by atoms with van der Waals surface area (Å²) in [5.41, 5.74) is -1.13. The number of hydrogen-bond acceptors (Lipinski definition) is 5. The predicted octanol–water partition coefficient (Wildman–Crippen LogP) is 2.78. The van der Waals surface area contributed by atoms with Crippen LogP contribution in [0.2, 0.25) is 5.02 Å². The van der Waals surface area contributed by atoms with Crippen LogP contribution in [0.25, 0.3) is 0 Å². The van der Waals surface area contributed by atoms with Gasteiger partial charge in [0.05, 0.1) is 18.0 Å². The Morgan fingerprint density at radius 2 is 2.00 bits per heavy atom. The highest BCUT2D eigenvalue weighted by Gasteiger charge is 2.34. The Kier molecular flexibility index (Phi) is 4.68. The molecule has 0 saturated carbocycles. The molecule has 0 bridgehead atoms. The molecule has 136 valence electrons. The number of aromatic nitrogens is 2. The van der Waals surface area contributed by atoms with Crippen molar-refractivity contribution in [1.82, 2.24) is 15.3 Å². The lowest BCUT2D eigenvalue weighted by Gasteiger charge is -2.15. The number of benzene rings is 1. The van der Waals surface area contributed by atoms with Crippen LogP contribution in [0, 0.1) is 0 Å². The molecule has 1 N–H and O–H groups in total. The lowest BCUT2D eigenvalue weighted by Crippen LogP contribution is -2.28. The van der Waals surface area contributed by atoms with Crippen molar-refractivity contribution >= 4 is 29.4 Å². The van der Waals surface area contributed by atoms with Crippen molar-refractivity contribution in [2.75, 3.05) is 11.4 Å². The van der Waals surface area contributed by atoms with Crippen LogP contribution in [0.5, 0.6) is 5.88 Å². The Balaban J connectivity index is 1.74. The summed E-state index contributed by atoms with van der Waals surface area (Å²) in [4.78, 5) is 31.5. The number of nitrogens with zero attached hydrogens (tertiary/aromatic N) is 3. The van der Waals surface area contributed by atoms with Gasteiger partial charge in [0, 0.05) is 10.6 Å². The van der Waals surface area contributed by atoms with Gasteiger partial charge in [-0.15, -0.1) is 0 Å². The fourth-order valence-corrected chi connectivity index (χ4v) is 2.50. The van der Waals surface area contributed by atoms with Crippen LogP contribution in [0.4, 0.5) is 23.8 Å². The predicted molar refractivity (Wildman–Crippen MR) is 83.7 cm³/mol. The van der Waals surface area contributed by atoms with Crippen LogP contribution in [0.3, 0.4) is 0 Å². The molecule has 26 heavy (non-hydrogen) atoms. The summed E-state index contributed by atoms with van der Waals surface area (Å²) in [5, 5.41) is 1.99. The highest BCUT2D eigenvalue weighted by molar-refractivity contribution is 6.31. The van der Waals surface area contributed by atoms with E-state index in [1.165, 1.54) is 18.3 Å². The number of anilines is 1. The third kappa shape index (κ3) is 3.69. The zero-order valence-electron chi connectivity index (χ0n) is 12.9. The maximum atomic E-state index is 13.0. The van der Waals surface area contributed by atoms with E-state index in [4.69, 9.17) is 16.3 Å². The molecular weight excluding hydrogens is 377 g/mol. The molecule has 11 heteroatoms. The van der Waals surface area contributed by atoms with Crippen molar-refractivity contribution in [2.45, 2.75) is 12.8 Å². The second-order valence-electron chi connectivity index (χ2n) is 5.20. The highest BCUT2D eigenvalue weighted by atomic mass is 35.5. The van der Waals surface area contributed by atoms with Gasteiger partial charge >= 0.3 is 12.2 Å². The van der Waals surface area contributed by atoms with Crippen molar-refractivity contribution in [2.24, 2.45) is 0 Å². The number of alkyl halides is 3. The van der Waals surface area contributed by atoms with E-state index < -0.39 is 30.3 Å². The van der Waals surface area contributed by atoms with E-state index in [9.17, 15) is 22.8 Å². The minimum Gasteiger partial charge on any atom is -0.472 e. The summed E-state index contributed by atoms with van der Waals surface area (Å²) in [6.45, 7) is -0.659. The Hall–Kier alpha value is -2.88. The van der Waals surface area contributed by atoms with E-state index in [-0.39, 0.29) is 28.8 Å². The molecular formula is C15H10ClF3N4O3. The lowest BCUT2D eigenvalue weighted by molar-refractivity contribution is -0.138. The van der Waals surface area contributed by atoms with Gasteiger partial charge in [-0.3, -0.25) is 15.0 Å². The molecule has 0 aliphatic carbocycles. The van der Waals surface area contributed by atoms with Crippen LogP contribution in [0.15, 0.2) is 30.6 Å². The van der Waals surface area contributed by atoms with Crippen molar-refractivity contribution in [3.8, 4) is 5.88 Å². The van der Waals surface area contributed by atoms with Gasteiger partial charge in [0.2, 0.25) is 11.8 Å². The zero-order valence-corrected chi connectivity index (χ0v) is 13.6. The van der Waals surface area contributed by atoms with Gasteiger partial charge in [-0.25, -0.2) is 14.8 Å². The first-order valence-electron chi connectivity index (χ1n) is 7.16. The average Bonchev–Trinajstić information content (AvgIpc) is 2.91. The number of ether oxygens (including phenoxy) is 1. The summed E-state index contributed by atoms with van der Waals surface area (Å²) in [6, 6.07) is 2.80. The van der Waals surface area contributed by atoms with Crippen molar-refractivity contribution in [3.63, 3.8) is 0 Å². The number of carbonyl (C=O) groups excluding carboxylic acids is 2. The number of nitrogens with one attached hydrogen (secondary N) is 1. The second-order valence-corrected chi connectivity index (χ2v) is 5.61. The molecule has 1 aliphatic heterocycles. The monoisotopic (exact) mass is 386 g/mol. The SMILES string of the molecule is O=C1CN(c2cnc(OCc3c(Cl)cccc3C(F)(F)F)cn2)C(=O)N1. The molecule has 7 nitrogen and oxygen atoms in total. The normalized spacial score (nSPS) is 14.5. The van der Waals surface area contributed by atoms with E-state index >= 15 is 0 Å². The van der Waals surface area contributed by atoms with E-state index in [2.05, 4.69) is 15.3 Å². The van der Waals surface area contributed by atoms with Gasteiger partial charge in [-0.1, -0.05) is 17.7 Å². The minimum absolute atomic E-state index is 0.0623. The van der Waals surface area contributed by atoms with Crippen molar-refractivity contribution < 1.29 is 27.5 Å². The van der Waals surface area contributed by atoms with E-state index in [0.717, 1.165) is 17.2 Å². The van der Waals surface area contributed by atoms with Gasteiger partial charge in [-0.2, -0.15) is 13.2 Å². The molecule has 1 aromatic heterocycles. The molecule has 2 aromatic rings. The van der Waals surface area contributed by atoms with Crippen molar-refractivity contribution in [1.29, 1.82) is 0 Å². The van der Waals surface area contributed by atoms with E-state index in [1.807, 2.05) is 0 Å². The van der Waals surface area contributed by atoms with Gasteiger partial charge in [0.1, 0.15) is 13.2 Å². The molecule has 0 atom stereocenters.